The Balaban J connectivity index is 2.75. The normalized spacial score (nSPS) is 17.7. The van der Waals surface area contributed by atoms with Crippen molar-refractivity contribution in [1.29, 1.82) is 0 Å². The number of carbonyl (C=O) groups is 2. The molecule has 3 amide bonds. The van der Waals surface area contributed by atoms with Gasteiger partial charge < -0.3 is 5.32 Å². The molecular formula is C10H15N3O2. The standard InChI is InChI=1S/C10H15N3O2/c1-3-4-5-6-8(11-2)13-9(14)7-12-10(13)15/h5-6H,3-4,7H2,1-2H3,(H,12,15)/b6-5-,11-8+. The minimum atomic E-state index is -0.401. The van der Waals surface area contributed by atoms with Crippen LogP contribution in [0.3, 0.4) is 0 Å². The number of carbonyl (C=O) groups excluding carboxylic acids is 2. The number of allylic oxidation sites excluding steroid dienone is 1. The lowest BCUT2D eigenvalue weighted by Gasteiger charge is -2.11. The first-order valence-corrected chi connectivity index (χ1v) is 4.94. The summed E-state index contributed by atoms with van der Waals surface area (Å²) in [5.41, 5.74) is 0. The number of nitrogens with zero attached hydrogens (tertiary/aromatic N) is 2. The Kier molecular flexibility index (Phi) is 4.03. The number of hydrogen-bond acceptors (Lipinski definition) is 3. The van der Waals surface area contributed by atoms with Gasteiger partial charge in [0.25, 0.3) is 5.91 Å². The molecule has 5 heteroatoms. The molecule has 0 spiro atoms. The Hall–Kier alpha value is -1.65. The van der Waals surface area contributed by atoms with Gasteiger partial charge >= 0.3 is 6.03 Å². The lowest BCUT2D eigenvalue weighted by Crippen LogP contribution is -2.35. The SMILES string of the molecule is CCC/C=C\C(=N/C)N1C(=O)CNC1=O. The monoisotopic (exact) mass is 209 g/mol. The summed E-state index contributed by atoms with van der Waals surface area (Å²) in [6.45, 7) is 2.11. The zero-order valence-electron chi connectivity index (χ0n) is 8.99. The van der Waals surface area contributed by atoms with Crippen LogP contribution >= 0.6 is 0 Å². The second-order valence-corrected chi connectivity index (χ2v) is 3.16. The summed E-state index contributed by atoms with van der Waals surface area (Å²) in [7, 11) is 1.56. The van der Waals surface area contributed by atoms with Crippen LogP contribution < -0.4 is 5.32 Å². The molecule has 1 fully saturated rings. The molecule has 0 unspecified atom stereocenters. The third-order valence-electron chi connectivity index (χ3n) is 2.02. The lowest BCUT2D eigenvalue weighted by atomic mass is 10.3. The molecule has 0 aromatic carbocycles. The number of amides is 3. The average Bonchev–Trinajstić information content (AvgIpc) is 2.55. The molecule has 1 saturated heterocycles. The van der Waals surface area contributed by atoms with Crippen molar-refractivity contribution in [3.63, 3.8) is 0 Å². The number of rotatable bonds is 3. The summed E-state index contributed by atoms with van der Waals surface area (Å²) >= 11 is 0. The summed E-state index contributed by atoms with van der Waals surface area (Å²) < 4.78 is 0. The molecule has 1 aliphatic heterocycles. The molecule has 0 aromatic heterocycles. The Bertz CT molecular complexity index is 305. The molecule has 1 heterocycles. The quantitative estimate of drug-likeness (QED) is 0.427. The van der Waals surface area contributed by atoms with Crippen LogP contribution in [0.1, 0.15) is 19.8 Å². The van der Waals surface area contributed by atoms with Crippen molar-refractivity contribution in [3.05, 3.63) is 12.2 Å². The maximum absolute atomic E-state index is 11.3. The van der Waals surface area contributed by atoms with Crippen LogP contribution in [0, 0.1) is 0 Å². The van der Waals surface area contributed by atoms with Crippen molar-refractivity contribution < 1.29 is 9.59 Å². The largest absolute Gasteiger partial charge is 0.330 e. The molecule has 0 aromatic rings. The predicted molar refractivity (Wildman–Crippen MR) is 57.7 cm³/mol. The zero-order chi connectivity index (χ0) is 11.3. The number of imide groups is 1. The van der Waals surface area contributed by atoms with Gasteiger partial charge in [0.1, 0.15) is 5.84 Å². The van der Waals surface area contributed by atoms with Crippen molar-refractivity contribution in [2.45, 2.75) is 19.8 Å². The van der Waals surface area contributed by atoms with Crippen molar-refractivity contribution >= 4 is 17.8 Å². The minimum Gasteiger partial charge on any atom is -0.328 e. The number of unbranched alkanes of at least 4 members (excludes halogenated alkanes) is 1. The number of aliphatic imine (C=N–C) groups is 1. The first-order valence-electron chi connectivity index (χ1n) is 4.94. The third kappa shape index (κ3) is 2.65. The Labute approximate surface area is 88.9 Å². The minimum absolute atomic E-state index is 0.0550. The molecule has 82 valence electrons. The van der Waals surface area contributed by atoms with Gasteiger partial charge in [-0.05, 0) is 12.5 Å². The van der Waals surface area contributed by atoms with E-state index in [0.29, 0.717) is 5.84 Å². The van der Waals surface area contributed by atoms with E-state index in [9.17, 15) is 9.59 Å². The summed E-state index contributed by atoms with van der Waals surface area (Å²) in [4.78, 5) is 27.6. The van der Waals surface area contributed by atoms with Crippen molar-refractivity contribution in [2.24, 2.45) is 4.99 Å². The summed E-state index contributed by atoms with van der Waals surface area (Å²) in [5, 5.41) is 2.45. The molecule has 15 heavy (non-hydrogen) atoms. The zero-order valence-corrected chi connectivity index (χ0v) is 8.99. The van der Waals surface area contributed by atoms with Crippen LogP contribution in [-0.4, -0.2) is 36.3 Å². The first kappa shape index (κ1) is 11.4. The maximum atomic E-state index is 11.3. The van der Waals surface area contributed by atoms with E-state index in [-0.39, 0.29) is 12.5 Å². The van der Waals surface area contributed by atoms with Crippen LogP contribution in [-0.2, 0) is 4.79 Å². The fourth-order valence-electron chi connectivity index (χ4n) is 1.26. The molecular weight excluding hydrogens is 194 g/mol. The van der Waals surface area contributed by atoms with Gasteiger partial charge in [0.2, 0.25) is 0 Å². The van der Waals surface area contributed by atoms with Gasteiger partial charge in [0.05, 0.1) is 6.54 Å². The molecule has 0 atom stereocenters. The molecule has 1 aliphatic rings. The van der Waals surface area contributed by atoms with E-state index in [2.05, 4.69) is 17.2 Å². The summed E-state index contributed by atoms with van der Waals surface area (Å²) in [5.74, 6) is 0.130. The molecule has 0 saturated carbocycles. The topological polar surface area (TPSA) is 61.8 Å². The van der Waals surface area contributed by atoms with Crippen LogP contribution in [0.5, 0.6) is 0 Å². The highest BCUT2D eigenvalue weighted by Crippen LogP contribution is 2.03. The fraction of sp³-hybridized carbons (Fsp3) is 0.500. The number of urea groups is 1. The van der Waals surface area contributed by atoms with Crippen molar-refractivity contribution in [3.8, 4) is 0 Å². The van der Waals surface area contributed by atoms with Gasteiger partial charge in [-0.15, -0.1) is 0 Å². The number of amidine groups is 1. The van der Waals surface area contributed by atoms with Gasteiger partial charge in [0, 0.05) is 7.05 Å². The molecule has 1 N–H and O–H groups in total. The predicted octanol–water partition coefficient (Wildman–Crippen LogP) is 0.923. The second kappa shape index (κ2) is 5.29. The van der Waals surface area contributed by atoms with E-state index in [0.717, 1.165) is 17.7 Å². The molecule has 0 aliphatic carbocycles. The van der Waals surface area contributed by atoms with Gasteiger partial charge in [-0.25, -0.2) is 9.69 Å². The van der Waals surface area contributed by atoms with Gasteiger partial charge in [-0.3, -0.25) is 9.79 Å². The maximum Gasteiger partial charge on any atom is 0.330 e. The van der Waals surface area contributed by atoms with E-state index in [1.54, 1.807) is 13.1 Å². The van der Waals surface area contributed by atoms with Gasteiger partial charge in [-0.1, -0.05) is 19.4 Å². The van der Waals surface area contributed by atoms with Crippen molar-refractivity contribution in [1.82, 2.24) is 10.2 Å². The molecule has 1 rings (SSSR count). The first-order chi connectivity index (χ1) is 7.20. The average molecular weight is 209 g/mol. The lowest BCUT2D eigenvalue weighted by molar-refractivity contribution is -0.122. The van der Waals surface area contributed by atoms with Gasteiger partial charge in [-0.2, -0.15) is 0 Å². The Morgan fingerprint density at radius 3 is 2.80 bits per heavy atom. The van der Waals surface area contributed by atoms with Gasteiger partial charge in [0.15, 0.2) is 0 Å². The highest BCUT2D eigenvalue weighted by molar-refractivity contribution is 6.19. The van der Waals surface area contributed by atoms with E-state index in [1.807, 2.05) is 6.08 Å². The van der Waals surface area contributed by atoms with E-state index in [4.69, 9.17) is 0 Å². The molecule has 0 radical (unpaired) electrons. The van der Waals surface area contributed by atoms with E-state index < -0.39 is 6.03 Å². The Morgan fingerprint density at radius 2 is 2.33 bits per heavy atom. The van der Waals surface area contributed by atoms with Crippen molar-refractivity contribution in [2.75, 3.05) is 13.6 Å². The smallest absolute Gasteiger partial charge is 0.328 e. The highest BCUT2D eigenvalue weighted by Gasteiger charge is 2.31. The van der Waals surface area contributed by atoms with Crippen LogP contribution in [0.25, 0.3) is 0 Å². The molecule has 5 nitrogen and oxygen atoms in total. The Morgan fingerprint density at radius 1 is 1.60 bits per heavy atom. The molecule has 0 bridgehead atoms. The van der Waals surface area contributed by atoms with E-state index >= 15 is 0 Å². The third-order valence-corrected chi connectivity index (χ3v) is 2.02. The number of hydrogen-bond donors (Lipinski definition) is 1. The fourth-order valence-corrected chi connectivity index (χ4v) is 1.26. The van der Waals surface area contributed by atoms with E-state index in [1.165, 1.54) is 0 Å². The van der Waals surface area contributed by atoms with Crippen LogP contribution in [0.2, 0.25) is 0 Å². The highest BCUT2D eigenvalue weighted by atomic mass is 16.2. The van der Waals surface area contributed by atoms with Crippen LogP contribution in [0.4, 0.5) is 4.79 Å². The summed E-state index contributed by atoms with van der Waals surface area (Å²) in [6.07, 6.45) is 5.53. The number of nitrogens with one attached hydrogen (secondary N) is 1. The van der Waals surface area contributed by atoms with Crippen LogP contribution in [0.15, 0.2) is 17.1 Å². The summed E-state index contributed by atoms with van der Waals surface area (Å²) in [6, 6.07) is -0.401. The second-order valence-electron chi connectivity index (χ2n) is 3.16.